The van der Waals surface area contributed by atoms with Crippen molar-refractivity contribution in [3.63, 3.8) is 0 Å². The maximum atomic E-state index is 15.1. The molecule has 2 atom stereocenters. The molecular weight excluding hydrogens is 616 g/mol. The molecule has 0 aliphatic carbocycles. The SMILES string of the molecule is COc1ccc([C@@H]2CN(c3ccc(Cl)nn3)C[C@H]2C(=O)N2CCCCN(S(C)(=O)=O)CC2)c(F)c1.Cc1ccc(Cl)cc1. The Morgan fingerprint density at radius 1 is 0.953 bits per heavy atom. The molecule has 3 heterocycles. The van der Waals surface area contributed by atoms with Crippen molar-refractivity contribution in [2.24, 2.45) is 5.92 Å². The lowest BCUT2D eigenvalue weighted by molar-refractivity contribution is -0.135. The van der Waals surface area contributed by atoms with Crippen LogP contribution in [0.4, 0.5) is 10.2 Å². The summed E-state index contributed by atoms with van der Waals surface area (Å²) in [5.74, 6) is -0.572. The Labute approximate surface area is 262 Å². The van der Waals surface area contributed by atoms with Crippen molar-refractivity contribution in [3.8, 4) is 5.75 Å². The standard InChI is InChI=1S/C23H29ClFN5O4S.C7H7Cl/c1-34-16-5-6-17(20(25)13-16)18-14-29(22-8-7-21(24)26-27-22)15-19(18)23(31)28-9-3-4-10-30(12-11-28)35(2,32)33;1-6-2-4-7(8)5-3-6/h5-8,13,18-19H,3-4,9-12,14-15H2,1-2H3;2-5H,1H3/t18-,19+;/m0./s1. The van der Waals surface area contributed by atoms with E-state index in [9.17, 15) is 13.2 Å². The van der Waals surface area contributed by atoms with Gasteiger partial charge in [-0.3, -0.25) is 4.79 Å². The number of ether oxygens (including phenoxy) is 1. The molecule has 1 amide bonds. The van der Waals surface area contributed by atoms with Gasteiger partial charge >= 0.3 is 0 Å². The summed E-state index contributed by atoms with van der Waals surface area (Å²) in [6, 6.07) is 15.8. The quantitative estimate of drug-likeness (QED) is 0.382. The van der Waals surface area contributed by atoms with Gasteiger partial charge in [0.1, 0.15) is 11.6 Å². The number of methoxy groups -OCH3 is 1. The zero-order chi connectivity index (χ0) is 31.1. The van der Waals surface area contributed by atoms with E-state index in [2.05, 4.69) is 10.2 Å². The highest BCUT2D eigenvalue weighted by molar-refractivity contribution is 7.88. The molecular formula is C30H36Cl2FN5O4S. The van der Waals surface area contributed by atoms with Crippen LogP contribution in [-0.4, -0.2) is 86.4 Å². The van der Waals surface area contributed by atoms with Crippen molar-refractivity contribution in [2.75, 3.05) is 57.5 Å². The molecule has 2 aliphatic rings. The first-order valence-corrected chi connectivity index (χ1v) is 16.6. The van der Waals surface area contributed by atoms with Gasteiger partial charge in [-0.15, -0.1) is 10.2 Å². The summed E-state index contributed by atoms with van der Waals surface area (Å²) in [5.41, 5.74) is 1.67. The van der Waals surface area contributed by atoms with Crippen LogP contribution in [0.3, 0.4) is 0 Å². The Balaban J connectivity index is 0.000000458. The minimum absolute atomic E-state index is 0.120. The van der Waals surface area contributed by atoms with E-state index in [0.29, 0.717) is 62.7 Å². The number of carbonyl (C=O) groups excluding carboxylic acids is 1. The van der Waals surface area contributed by atoms with Gasteiger partial charge in [0, 0.05) is 56.3 Å². The normalized spacial score (nSPS) is 19.7. The second-order valence-corrected chi connectivity index (χ2v) is 13.5. The van der Waals surface area contributed by atoms with Crippen LogP contribution in [0.25, 0.3) is 0 Å². The minimum atomic E-state index is -3.35. The monoisotopic (exact) mass is 651 g/mol. The van der Waals surface area contributed by atoms with Gasteiger partial charge in [0.15, 0.2) is 11.0 Å². The second-order valence-electron chi connectivity index (χ2n) is 10.7. The predicted molar refractivity (Wildman–Crippen MR) is 167 cm³/mol. The van der Waals surface area contributed by atoms with Crippen molar-refractivity contribution in [1.82, 2.24) is 19.4 Å². The molecule has 2 aliphatic heterocycles. The van der Waals surface area contributed by atoms with Gasteiger partial charge in [0.25, 0.3) is 0 Å². The number of sulfonamides is 1. The van der Waals surface area contributed by atoms with Crippen molar-refractivity contribution < 1.29 is 22.3 Å². The molecule has 0 bridgehead atoms. The zero-order valence-corrected chi connectivity index (χ0v) is 26.7. The molecule has 0 radical (unpaired) electrons. The number of nitrogens with zero attached hydrogens (tertiary/aromatic N) is 5. The van der Waals surface area contributed by atoms with Crippen LogP contribution in [0, 0.1) is 18.7 Å². The van der Waals surface area contributed by atoms with Gasteiger partial charge in [-0.05, 0) is 55.7 Å². The highest BCUT2D eigenvalue weighted by Crippen LogP contribution is 2.38. The number of carbonyl (C=O) groups is 1. The second kappa shape index (κ2) is 14.7. The Morgan fingerprint density at radius 2 is 1.67 bits per heavy atom. The van der Waals surface area contributed by atoms with Crippen molar-refractivity contribution in [3.05, 3.63) is 81.7 Å². The first-order valence-electron chi connectivity index (χ1n) is 14.0. The average Bonchev–Trinajstić information content (AvgIpc) is 3.39. The molecule has 2 aromatic carbocycles. The van der Waals surface area contributed by atoms with Gasteiger partial charge in [0.05, 0.1) is 19.3 Å². The van der Waals surface area contributed by atoms with Gasteiger partial charge in [-0.2, -0.15) is 0 Å². The summed E-state index contributed by atoms with van der Waals surface area (Å²) in [7, 11) is -1.88. The van der Waals surface area contributed by atoms with E-state index in [1.807, 2.05) is 36.1 Å². The van der Waals surface area contributed by atoms with Crippen LogP contribution in [0.2, 0.25) is 10.2 Å². The Hall–Kier alpha value is -2.99. The molecule has 0 unspecified atom stereocenters. The third kappa shape index (κ3) is 8.78. The molecule has 43 heavy (non-hydrogen) atoms. The topological polar surface area (TPSA) is 95.9 Å². The Morgan fingerprint density at radius 3 is 2.28 bits per heavy atom. The minimum Gasteiger partial charge on any atom is -0.497 e. The number of rotatable bonds is 5. The third-order valence-corrected chi connectivity index (χ3v) is 9.44. The maximum Gasteiger partial charge on any atom is 0.228 e. The lowest BCUT2D eigenvalue weighted by Crippen LogP contribution is -2.46. The van der Waals surface area contributed by atoms with E-state index in [1.54, 1.807) is 29.2 Å². The number of halogens is 3. The summed E-state index contributed by atoms with van der Waals surface area (Å²) in [4.78, 5) is 17.4. The Kier molecular flexibility index (Phi) is 11.2. The predicted octanol–water partition coefficient (Wildman–Crippen LogP) is 5.03. The molecule has 13 heteroatoms. The maximum absolute atomic E-state index is 15.1. The summed E-state index contributed by atoms with van der Waals surface area (Å²) in [6.07, 6.45) is 2.55. The lowest BCUT2D eigenvalue weighted by Gasteiger charge is -2.32. The number of amides is 1. The van der Waals surface area contributed by atoms with Crippen LogP contribution in [-0.2, 0) is 14.8 Å². The van der Waals surface area contributed by atoms with Crippen LogP contribution in [0.1, 0.15) is 29.9 Å². The van der Waals surface area contributed by atoms with Crippen molar-refractivity contribution >= 4 is 45.0 Å². The molecule has 0 saturated carbocycles. The molecule has 232 valence electrons. The number of anilines is 1. The van der Waals surface area contributed by atoms with E-state index in [4.69, 9.17) is 27.9 Å². The first kappa shape index (κ1) is 32.9. The van der Waals surface area contributed by atoms with Crippen molar-refractivity contribution in [2.45, 2.75) is 25.7 Å². The number of aryl methyl sites for hydroxylation is 1. The van der Waals surface area contributed by atoms with Crippen LogP contribution in [0.15, 0.2) is 54.6 Å². The lowest BCUT2D eigenvalue weighted by atomic mass is 9.87. The fraction of sp³-hybridized carbons (Fsp3) is 0.433. The summed E-state index contributed by atoms with van der Waals surface area (Å²) in [5, 5.41) is 9.10. The smallest absolute Gasteiger partial charge is 0.228 e. The number of hydrogen-bond donors (Lipinski definition) is 0. The van der Waals surface area contributed by atoms with E-state index >= 15 is 4.39 Å². The molecule has 1 aromatic heterocycles. The number of benzene rings is 2. The van der Waals surface area contributed by atoms with Crippen molar-refractivity contribution in [1.29, 1.82) is 0 Å². The summed E-state index contributed by atoms with van der Waals surface area (Å²) >= 11 is 11.5. The highest BCUT2D eigenvalue weighted by Gasteiger charge is 2.42. The third-order valence-electron chi connectivity index (χ3n) is 7.68. The first-order chi connectivity index (χ1) is 20.5. The molecule has 2 saturated heterocycles. The molecule has 9 nitrogen and oxygen atoms in total. The summed E-state index contributed by atoms with van der Waals surface area (Å²) in [6.45, 7) is 4.26. The zero-order valence-electron chi connectivity index (χ0n) is 24.4. The van der Waals surface area contributed by atoms with Gasteiger partial charge in [-0.25, -0.2) is 17.1 Å². The van der Waals surface area contributed by atoms with Crippen LogP contribution in [0.5, 0.6) is 5.75 Å². The number of aromatic nitrogens is 2. The summed E-state index contributed by atoms with van der Waals surface area (Å²) < 4.78 is 45.8. The average molecular weight is 653 g/mol. The molecule has 0 N–H and O–H groups in total. The van der Waals surface area contributed by atoms with E-state index in [0.717, 1.165) is 5.02 Å². The number of hydrogen-bond acceptors (Lipinski definition) is 7. The van der Waals surface area contributed by atoms with Gasteiger partial charge in [-0.1, -0.05) is 47.0 Å². The fourth-order valence-electron chi connectivity index (χ4n) is 5.34. The van der Waals surface area contributed by atoms with Crippen LogP contribution >= 0.6 is 23.2 Å². The van der Waals surface area contributed by atoms with E-state index < -0.39 is 27.7 Å². The molecule has 5 rings (SSSR count). The molecule has 0 spiro atoms. The van der Waals surface area contributed by atoms with E-state index in [-0.39, 0.29) is 17.6 Å². The molecule has 3 aromatic rings. The highest BCUT2D eigenvalue weighted by atomic mass is 35.5. The fourth-order valence-corrected chi connectivity index (χ4v) is 6.44. The van der Waals surface area contributed by atoms with Gasteiger partial charge < -0.3 is 14.5 Å². The largest absolute Gasteiger partial charge is 0.497 e. The van der Waals surface area contributed by atoms with E-state index in [1.165, 1.54) is 29.3 Å². The van der Waals surface area contributed by atoms with Crippen LogP contribution < -0.4 is 9.64 Å². The van der Waals surface area contributed by atoms with Gasteiger partial charge in [0.2, 0.25) is 15.9 Å². The molecule has 2 fully saturated rings. The Bertz CT molecular complexity index is 1470.